The lowest BCUT2D eigenvalue weighted by molar-refractivity contribution is -0.137. The monoisotopic (exact) mass is 262 g/mol. The van der Waals surface area contributed by atoms with Crippen LogP contribution in [0.2, 0.25) is 0 Å². The first-order chi connectivity index (χ1) is 8.88. The Morgan fingerprint density at radius 3 is 2.11 bits per heavy atom. The molecule has 0 N–H and O–H groups in total. The molecule has 0 aliphatic rings. The van der Waals surface area contributed by atoms with E-state index >= 15 is 0 Å². The fourth-order valence-electron chi connectivity index (χ4n) is 1.78. The minimum absolute atomic E-state index is 0.175. The van der Waals surface area contributed by atoms with E-state index in [4.69, 9.17) is 0 Å². The van der Waals surface area contributed by atoms with Gasteiger partial charge in [-0.15, -0.1) is 0 Å². The fourth-order valence-corrected chi connectivity index (χ4v) is 1.78. The van der Waals surface area contributed by atoms with Crippen LogP contribution in [0.4, 0.5) is 13.2 Å². The quantitative estimate of drug-likeness (QED) is 0.697. The minimum Gasteiger partial charge on any atom is -0.807 e. The second-order valence-electron chi connectivity index (χ2n) is 4.24. The van der Waals surface area contributed by atoms with Crippen molar-refractivity contribution in [3.8, 4) is 11.1 Å². The number of nitrogens with zero attached hydrogens (tertiary/aromatic N) is 1. The Morgan fingerprint density at radius 1 is 0.947 bits per heavy atom. The molecule has 0 unspecified atom stereocenters. The van der Waals surface area contributed by atoms with Gasteiger partial charge in [0.15, 0.2) is 0 Å². The Labute approximate surface area is 109 Å². The van der Waals surface area contributed by atoms with Gasteiger partial charge in [-0.25, -0.2) is 0 Å². The summed E-state index contributed by atoms with van der Waals surface area (Å²) in [7, 11) is 0. The van der Waals surface area contributed by atoms with E-state index in [-0.39, 0.29) is 5.71 Å². The zero-order valence-electron chi connectivity index (χ0n) is 10.2. The molecule has 0 heterocycles. The van der Waals surface area contributed by atoms with E-state index in [0.29, 0.717) is 11.1 Å². The summed E-state index contributed by atoms with van der Waals surface area (Å²) < 4.78 is 37.4. The van der Waals surface area contributed by atoms with E-state index < -0.39 is 11.7 Å². The molecule has 2 aromatic carbocycles. The molecule has 1 nitrogen and oxygen atoms in total. The van der Waals surface area contributed by atoms with Crippen LogP contribution in [-0.4, -0.2) is 5.71 Å². The lowest BCUT2D eigenvalue weighted by Gasteiger charge is -2.10. The standard InChI is InChI=1S/C15H11F3N/c1-10(19)12-3-2-4-13(9-12)11-5-7-14(8-6-11)15(16,17)18/h2-9H,1H3/q-1. The van der Waals surface area contributed by atoms with Crippen LogP contribution in [0.15, 0.2) is 48.5 Å². The highest BCUT2D eigenvalue weighted by atomic mass is 19.4. The number of hydrogen-bond donors (Lipinski definition) is 0. The Hall–Kier alpha value is -2.10. The molecule has 0 amide bonds. The van der Waals surface area contributed by atoms with Gasteiger partial charge in [-0.2, -0.15) is 18.9 Å². The van der Waals surface area contributed by atoms with Gasteiger partial charge in [0.2, 0.25) is 0 Å². The molecule has 0 radical (unpaired) electrons. The van der Waals surface area contributed by atoms with E-state index in [0.717, 1.165) is 17.7 Å². The fraction of sp³-hybridized carbons (Fsp3) is 0.133. The summed E-state index contributed by atoms with van der Waals surface area (Å²) in [5.74, 6) is 0. The molecule has 0 bridgehead atoms. The second kappa shape index (κ2) is 4.88. The van der Waals surface area contributed by atoms with Gasteiger partial charge in [-0.1, -0.05) is 37.3 Å². The molecule has 98 valence electrons. The topological polar surface area (TPSA) is 22.3 Å². The lowest BCUT2D eigenvalue weighted by atomic mass is 10.0. The van der Waals surface area contributed by atoms with Gasteiger partial charge in [0.1, 0.15) is 0 Å². The Balaban J connectivity index is 2.37. The largest absolute Gasteiger partial charge is 0.807 e. The molecule has 0 aliphatic carbocycles. The average Bonchev–Trinajstić information content (AvgIpc) is 2.38. The molecular formula is C15H11F3N-. The molecule has 4 heteroatoms. The van der Waals surface area contributed by atoms with Crippen LogP contribution < -0.4 is 0 Å². The third kappa shape index (κ3) is 3.02. The molecule has 19 heavy (non-hydrogen) atoms. The maximum atomic E-state index is 12.5. The van der Waals surface area contributed by atoms with Gasteiger partial charge in [0.25, 0.3) is 0 Å². The molecule has 0 spiro atoms. The first-order valence-corrected chi connectivity index (χ1v) is 5.68. The van der Waals surface area contributed by atoms with Crippen molar-refractivity contribution in [2.24, 2.45) is 0 Å². The molecule has 2 rings (SSSR count). The van der Waals surface area contributed by atoms with Gasteiger partial charge < -0.3 is 5.41 Å². The predicted molar refractivity (Wildman–Crippen MR) is 70.0 cm³/mol. The summed E-state index contributed by atoms with van der Waals surface area (Å²) in [6.07, 6.45) is -4.32. The van der Waals surface area contributed by atoms with Crippen LogP contribution in [0.25, 0.3) is 16.5 Å². The number of alkyl halides is 3. The third-order valence-electron chi connectivity index (χ3n) is 2.83. The molecule has 0 fully saturated rings. The van der Waals surface area contributed by atoms with Gasteiger partial charge in [-0.3, -0.25) is 0 Å². The van der Waals surface area contributed by atoms with Crippen LogP contribution in [0.5, 0.6) is 0 Å². The Kier molecular flexibility index (Phi) is 3.42. The second-order valence-corrected chi connectivity index (χ2v) is 4.24. The maximum absolute atomic E-state index is 12.5. The van der Waals surface area contributed by atoms with Crippen molar-refractivity contribution in [3.63, 3.8) is 0 Å². The van der Waals surface area contributed by atoms with Crippen LogP contribution in [0.3, 0.4) is 0 Å². The number of benzene rings is 2. The molecule has 2 aromatic rings. The van der Waals surface area contributed by atoms with Crippen LogP contribution in [-0.2, 0) is 6.18 Å². The van der Waals surface area contributed by atoms with E-state index in [9.17, 15) is 18.6 Å². The zero-order chi connectivity index (χ0) is 14.0. The molecule has 0 saturated heterocycles. The average molecular weight is 262 g/mol. The first kappa shape index (κ1) is 13.3. The molecular weight excluding hydrogens is 251 g/mol. The van der Waals surface area contributed by atoms with E-state index in [1.807, 2.05) is 0 Å². The van der Waals surface area contributed by atoms with Crippen LogP contribution in [0, 0.1) is 0 Å². The third-order valence-corrected chi connectivity index (χ3v) is 2.83. The van der Waals surface area contributed by atoms with Crippen molar-refractivity contribution in [1.29, 1.82) is 0 Å². The smallest absolute Gasteiger partial charge is 0.416 e. The summed E-state index contributed by atoms with van der Waals surface area (Å²) >= 11 is 0. The van der Waals surface area contributed by atoms with Crippen molar-refractivity contribution < 1.29 is 13.2 Å². The molecule has 0 aliphatic heterocycles. The van der Waals surface area contributed by atoms with Gasteiger partial charge >= 0.3 is 6.18 Å². The minimum atomic E-state index is -4.32. The van der Waals surface area contributed by atoms with Crippen molar-refractivity contribution >= 4 is 5.71 Å². The highest BCUT2D eigenvalue weighted by Gasteiger charge is 2.29. The van der Waals surface area contributed by atoms with Gasteiger partial charge in [-0.05, 0) is 34.9 Å². The van der Waals surface area contributed by atoms with Crippen molar-refractivity contribution in [2.75, 3.05) is 0 Å². The van der Waals surface area contributed by atoms with Crippen LogP contribution >= 0.6 is 0 Å². The van der Waals surface area contributed by atoms with Gasteiger partial charge in [0, 0.05) is 0 Å². The summed E-state index contributed by atoms with van der Waals surface area (Å²) in [6, 6.07) is 12.0. The normalized spacial score (nSPS) is 11.4. The highest BCUT2D eigenvalue weighted by Crippen LogP contribution is 2.31. The predicted octanol–water partition coefficient (Wildman–Crippen LogP) is 4.75. The zero-order valence-corrected chi connectivity index (χ0v) is 10.2. The van der Waals surface area contributed by atoms with Crippen molar-refractivity contribution in [2.45, 2.75) is 13.1 Å². The van der Waals surface area contributed by atoms with Crippen molar-refractivity contribution in [3.05, 3.63) is 65.1 Å². The Morgan fingerprint density at radius 2 is 1.58 bits per heavy atom. The summed E-state index contributed by atoms with van der Waals surface area (Å²) in [6.45, 7) is 1.56. The van der Waals surface area contributed by atoms with E-state index in [1.165, 1.54) is 12.1 Å². The number of rotatable bonds is 2. The summed E-state index contributed by atoms with van der Waals surface area (Å²) in [4.78, 5) is 0. The Bertz CT molecular complexity index is 598. The molecule has 0 aromatic heterocycles. The SMILES string of the molecule is CC(=[N-])c1cccc(-c2ccc(C(F)(F)F)cc2)c1. The highest BCUT2D eigenvalue weighted by molar-refractivity contribution is 6.01. The lowest BCUT2D eigenvalue weighted by Crippen LogP contribution is -2.04. The molecule has 0 saturated carbocycles. The van der Waals surface area contributed by atoms with E-state index in [1.54, 1.807) is 31.2 Å². The maximum Gasteiger partial charge on any atom is 0.416 e. The van der Waals surface area contributed by atoms with Crippen molar-refractivity contribution in [1.82, 2.24) is 0 Å². The summed E-state index contributed by atoms with van der Waals surface area (Å²) in [5, 5.41) is 9.41. The van der Waals surface area contributed by atoms with E-state index in [2.05, 4.69) is 0 Å². The summed E-state index contributed by atoms with van der Waals surface area (Å²) in [5.41, 5.74) is 1.60. The first-order valence-electron chi connectivity index (χ1n) is 5.68. The number of halogens is 3. The van der Waals surface area contributed by atoms with Gasteiger partial charge in [0.05, 0.1) is 5.56 Å². The number of hydrogen-bond acceptors (Lipinski definition) is 0. The van der Waals surface area contributed by atoms with Crippen LogP contribution in [0.1, 0.15) is 18.1 Å². The molecule has 0 atom stereocenters.